The second kappa shape index (κ2) is 9.74. The van der Waals surface area contributed by atoms with E-state index in [1.165, 1.54) is 12.1 Å². The second-order valence-corrected chi connectivity index (χ2v) is 9.92. The van der Waals surface area contributed by atoms with Crippen molar-refractivity contribution in [3.63, 3.8) is 0 Å². The summed E-state index contributed by atoms with van der Waals surface area (Å²) in [5, 5.41) is 22.0. The Morgan fingerprint density at radius 2 is 1.64 bits per heavy atom. The fraction of sp³-hybridized carbons (Fsp3) is 0.143. The molecule has 0 spiro atoms. The minimum absolute atomic E-state index is 0.0105. The van der Waals surface area contributed by atoms with E-state index < -0.39 is 11.7 Å². The number of amidine groups is 1. The molecule has 0 bridgehead atoms. The minimum Gasteiger partial charge on any atom is -0.507 e. The molecule has 36 heavy (non-hydrogen) atoms. The Bertz CT molecular complexity index is 1450. The van der Waals surface area contributed by atoms with Gasteiger partial charge in [0.1, 0.15) is 17.4 Å². The topological polar surface area (TPSA) is 64.4 Å². The van der Waals surface area contributed by atoms with Crippen LogP contribution in [0, 0.1) is 11.2 Å². The molecule has 0 amide bonds. The number of carbonyl (C=O) groups is 1. The molecule has 8 heteroatoms. The van der Waals surface area contributed by atoms with E-state index >= 15 is 0 Å². The highest BCUT2D eigenvalue weighted by molar-refractivity contribution is 6.42. The molecule has 3 aromatic rings. The summed E-state index contributed by atoms with van der Waals surface area (Å²) in [5.41, 5.74) is 2.96. The van der Waals surface area contributed by atoms with Crippen LogP contribution < -0.4 is 4.90 Å². The maximum Gasteiger partial charge on any atom is 0.161 e. The van der Waals surface area contributed by atoms with Gasteiger partial charge in [-0.05, 0) is 73.0 Å². The van der Waals surface area contributed by atoms with E-state index in [0.717, 1.165) is 0 Å². The summed E-state index contributed by atoms with van der Waals surface area (Å²) in [4.78, 5) is 15.1. The standard InChI is InChI=1S/C28H20Cl3FN2O2/c29-17-8-4-16(5-9-17)27(36)26-24(15-6-10-18(32)11-7-15)25-22(2-1-3-23(25)35)34(28(26)33)19-12-13-20(30)21(31)14-19/h4-14,24,33,36H,1-3H2/b27-26+,33-28?. The molecule has 1 aliphatic heterocycles. The van der Waals surface area contributed by atoms with Gasteiger partial charge >= 0.3 is 0 Å². The number of aliphatic hydroxyl groups is 1. The van der Waals surface area contributed by atoms with E-state index in [1.807, 2.05) is 0 Å². The predicted molar refractivity (Wildman–Crippen MR) is 143 cm³/mol. The zero-order chi connectivity index (χ0) is 25.6. The van der Waals surface area contributed by atoms with E-state index in [-0.39, 0.29) is 23.0 Å². The molecule has 1 unspecified atom stereocenters. The SMILES string of the molecule is N=C1/C(=C(/O)c2ccc(Cl)cc2)C(c2ccc(F)cc2)C2=C(CCCC2=O)N1c1ccc(Cl)c(Cl)c1. The highest BCUT2D eigenvalue weighted by atomic mass is 35.5. The molecular formula is C28H20Cl3FN2O2. The lowest BCUT2D eigenvalue weighted by atomic mass is 9.73. The largest absolute Gasteiger partial charge is 0.507 e. The van der Waals surface area contributed by atoms with Crippen LogP contribution in [0.1, 0.15) is 36.3 Å². The lowest BCUT2D eigenvalue weighted by molar-refractivity contribution is -0.116. The van der Waals surface area contributed by atoms with Gasteiger partial charge in [0.25, 0.3) is 0 Å². The van der Waals surface area contributed by atoms with Crippen LogP contribution in [0.3, 0.4) is 0 Å². The van der Waals surface area contributed by atoms with Crippen LogP contribution >= 0.6 is 34.8 Å². The molecule has 182 valence electrons. The molecule has 0 radical (unpaired) electrons. The van der Waals surface area contributed by atoms with Crippen LogP contribution in [-0.2, 0) is 4.79 Å². The number of carbonyl (C=O) groups excluding carboxylic acids is 1. The molecule has 2 N–H and O–H groups in total. The third-order valence-corrected chi connectivity index (χ3v) is 7.48. The minimum atomic E-state index is -0.754. The maximum absolute atomic E-state index is 13.8. The zero-order valence-electron chi connectivity index (χ0n) is 18.9. The number of allylic oxidation sites excluding steroid dienone is 2. The van der Waals surface area contributed by atoms with Gasteiger partial charge in [0.15, 0.2) is 5.78 Å². The van der Waals surface area contributed by atoms with Crippen molar-refractivity contribution in [3.8, 4) is 0 Å². The van der Waals surface area contributed by atoms with Crippen LogP contribution in [0.2, 0.25) is 15.1 Å². The molecule has 1 atom stereocenters. The lowest BCUT2D eigenvalue weighted by Gasteiger charge is -2.41. The van der Waals surface area contributed by atoms with E-state index in [2.05, 4.69) is 0 Å². The van der Waals surface area contributed by atoms with Crippen molar-refractivity contribution in [2.45, 2.75) is 25.2 Å². The predicted octanol–water partition coefficient (Wildman–Crippen LogP) is 8.34. The Morgan fingerprint density at radius 3 is 2.31 bits per heavy atom. The van der Waals surface area contributed by atoms with Gasteiger partial charge in [-0.25, -0.2) is 4.39 Å². The smallest absolute Gasteiger partial charge is 0.161 e. The van der Waals surface area contributed by atoms with Crippen LogP contribution in [0.25, 0.3) is 5.76 Å². The van der Waals surface area contributed by atoms with Crippen molar-refractivity contribution in [3.05, 3.63) is 116 Å². The Morgan fingerprint density at radius 1 is 0.944 bits per heavy atom. The first-order valence-corrected chi connectivity index (χ1v) is 12.4. The van der Waals surface area contributed by atoms with E-state index in [9.17, 15) is 19.7 Å². The molecule has 2 aliphatic rings. The second-order valence-electron chi connectivity index (χ2n) is 8.67. The van der Waals surface area contributed by atoms with Crippen molar-refractivity contribution < 1.29 is 14.3 Å². The molecule has 1 heterocycles. The maximum atomic E-state index is 13.8. The van der Waals surface area contributed by atoms with Crippen LogP contribution in [0.4, 0.5) is 10.1 Å². The summed E-state index contributed by atoms with van der Waals surface area (Å²) >= 11 is 18.5. The van der Waals surface area contributed by atoms with Crippen molar-refractivity contribution in [1.82, 2.24) is 0 Å². The summed E-state index contributed by atoms with van der Waals surface area (Å²) in [5.74, 6) is -1.43. The number of nitrogens with zero attached hydrogens (tertiary/aromatic N) is 1. The summed E-state index contributed by atoms with van der Waals surface area (Å²) < 4.78 is 13.8. The summed E-state index contributed by atoms with van der Waals surface area (Å²) in [6.45, 7) is 0. The first-order chi connectivity index (χ1) is 17.3. The Kier molecular flexibility index (Phi) is 6.64. The van der Waals surface area contributed by atoms with Crippen molar-refractivity contribution in [1.29, 1.82) is 5.41 Å². The van der Waals surface area contributed by atoms with Crippen LogP contribution in [0.5, 0.6) is 0 Å². The number of Topliss-reactive ketones (excluding diaryl/α,β-unsaturated/α-hetero) is 1. The number of nitrogens with one attached hydrogen (secondary N) is 1. The molecule has 0 aromatic heterocycles. The van der Waals surface area contributed by atoms with Gasteiger partial charge < -0.3 is 5.11 Å². The molecule has 0 fully saturated rings. The number of hydrogen-bond donors (Lipinski definition) is 2. The number of aliphatic hydroxyl groups excluding tert-OH is 1. The number of anilines is 1. The quantitative estimate of drug-likeness (QED) is 0.328. The Hall–Kier alpha value is -3.12. The number of benzene rings is 3. The van der Waals surface area contributed by atoms with Gasteiger partial charge in [0.2, 0.25) is 0 Å². The van der Waals surface area contributed by atoms with Crippen molar-refractivity contribution in [2.24, 2.45) is 0 Å². The molecule has 5 rings (SSSR count). The van der Waals surface area contributed by atoms with Gasteiger partial charge in [-0.3, -0.25) is 15.1 Å². The summed E-state index contributed by atoms with van der Waals surface area (Å²) in [6, 6.07) is 17.4. The number of ketones is 1. The van der Waals surface area contributed by atoms with Gasteiger partial charge in [-0.15, -0.1) is 0 Å². The molecule has 1 aliphatic carbocycles. The Balaban J connectivity index is 1.82. The third-order valence-electron chi connectivity index (χ3n) is 6.49. The van der Waals surface area contributed by atoms with Gasteiger partial charge in [-0.2, -0.15) is 0 Å². The van der Waals surface area contributed by atoms with Crippen LogP contribution in [-0.4, -0.2) is 16.7 Å². The Labute approximate surface area is 222 Å². The van der Waals surface area contributed by atoms with Gasteiger partial charge in [0, 0.05) is 45.5 Å². The fourth-order valence-corrected chi connectivity index (χ4v) is 5.27. The average Bonchev–Trinajstić information content (AvgIpc) is 2.86. The lowest BCUT2D eigenvalue weighted by Crippen LogP contribution is -2.42. The normalized spacial score (nSPS) is 19.4. The highest BCUT2D eigenvalue weighted by Crippen LogP contribution is 2.48. The third kappa shape index (κ3) is 4.32. The van der Waals surface area contributed by atoms with E-state index in [1.54, 1.807) is 59.5 Å². The fourth-order valence-electron chi connectivity index (χ4n) is 4.85. The number of halogens is 4. The van der Waals surface area contributed by atoms with Gasteiger partial charge in [0.05, 0.1) is 10.0 Å². The highest BCUT2D eigenvalue weighted by Gasteiger charge is 2.43. The van der Waals surface area contributed by atoms with Crippen LogP contribution in [0.15, 0.2) is 83.6 Å². The van der Waals surface area contributed by atoms with E-state index in [4.69, 9.17) is 34.8 Å². The van der Waals surface area contributed by atoms with Gasteiger partial charge in [-0.1, -0.05) is 46.9 Å². The molecule has 3 aromatic carbocycles. The zero-order valence-corrected chi connectivity index (χ0v) is 21.1. The molecule has 0 saturated heterocycles. The molecule has 4 nitrogen and oxygen atoms in total. The summed E-state index contributed by atoms with van der Waals surface area (Å²) in [6.07, 6.45) is 1.52. The first kappa shape index (κ1) is 24.6. The van der Waals surface area contributed by atoms with Crippen molar-refractivity contribution >= 4 is 57.9 Å². The number of rotatable bonds is 3. The first-order valence-electron chi connectivity index (χ1n) is 11.3. The van der Waals surface area contributed by atoms with E-state index in [0.29, 0.717) is 62.4 Å². The average molecular weight is 542 g/mol. The number of hydrogen-bond acceptors (Lipinski definition) is 3. The van der Waals surface area contributed by atoms with Crippen molar-refractivity contribution in [2.75, 3.05) is 4.90 Å². The monoisotopic (exact) mass is 540 g/mol. The molecule has 0 saturated carbocycles. The molecular weight excluding hydrogens is 522 g/mol. The summed E-state index contributed by atoms with van der Waals surface area (Å²) in [7, 11) is 0.